The van der Waals surface area contributed by atoms with Crippen LogP contribution in [0.4, 0.5) is 14.9 Å². The van der Waals surface area contributed by atoms with Crippen molar-refractivity contribution in [2.24, 2.45) is 0 Å². The van der Waals surface area contributed by atoms with Gasteiger partial charge in [-0.15, -0.1) is 0 Å². The molecule has 2 aromatic rings. The Morgan fingerprint density at radius 1 is 1.19 bits per heavy atom. The largest absolute Gasteiger partial charge is 0.447 e. The van der Waals surface area contributed by atoms with Gasteiger partial charge < -0.3 is 20.7 Å². The van der Waals surface area contributed by atoms with E-state index in [9.17, 15) is 18.8 Å². The average Bonchev–Trinajstić information content (AvgIpc) is 3.35. The number of ether oxygens (including phenoxy) is 1. The number of benzene rings is 2. The normalized spacial score (nSPS) is 19.5. The molecule has 1 aliphatic carbocycles. The van der Waals surface area contributed by atoms with Gasteiger partial charge in [-0.3, -0.25) is 9.59 Å². The van der Waals surface area contributed by atoms with Gasteiger partial charge in [-0.05, 0) is 54.7 Å². The number of carbonyl (C=O) groups is 3. The lowest BCUT2D eigenvalue weighted by atomic mass is 10.0. The summed E-state index contributed by atoms with van der Waals surface area (Å²) in [5, 5.41) is 8.24. The number of rotatable bonds is 5. The Kier molecular flexibility index (Phi) is 6.08. The van der Waals surface area contributed by atoms with Crippen molar-refractivity contribution in [1.29, 1.82) is 0 Å². The topological polar surface area (TPSA) is 96.5 Å². The maximum absolute atomic E-state index is 13.3. The molecule has 1 saturated heterocycles. The van der Waals surface area contributed by atoms with Crippen LogP contribution in [0.15, 0.2) is 36.4 Å². The molecule has 3 amide bonds. The van der Waals surface area contributed by atoms with Crippen LogP contribution in [0.3, 0.4) is 0 Å². The molecule has 4 rings (SSSR count). The van der Waals surface area contributed by atoms with E-state index in [1.54, 1.807) is 12.1 Å². The summed E-state index contributed by atoms with van der Waals surface area (Å²) in [6, 6.07) is 8.90. The van der Waals surface area contributed by atoms with E-state index in [0.29, 0.717) is 36.9 Å². The predicted octanol–water partition coefficient (Wildman–Crippen LogP) is 3.72. The maximum Gasteiger partial charge on any atom is 0.407 e. The Balaban J connectivity index is 1.40. The van der Waals surface area contributed by atoms with Crippen LogP contribution < -0.4 is 16.0 Å². The molecule has 0 saturated carbocycles. The van der Waals surface area contributed by atoms with Gasteiger partial charge in [0.15, 0.2) is 0 Å². The number of alkyl carbamates (subject to hydrolysis) is 1. The number of halogens is 2. The minimum absolute atomic E-state index is 0.0348. The minimum atomic E-state index is -0.560. The fraction of sp³-hybridized carbons (Fsp3) is 0.318. The molecule has 0 spiro atoms. The summed E-state index contributed by atoms with van der Waals surface area (Å²) in [7, 11) is 0. The Morgan fingerprint density at radius 3 is 2.77 bits per heavy atom. The highest BCUT2D eigenvalue weighted by molar-refractivity contribution is 6.31. The second-order valence-corrected chi connectivity index (χ2v) is 8.00. The average molecular weight is 446 g/mol. The van der Waals surface area contributed by atoms with E-state index < -0.39 is 11.9 Å². The Bertz CT molecular complexity index is 1050. The Hall–Kier alpha value is -3.13. The lowest BCUT2D eigenvalue weighted by molar-refractivity contribution is -0.119. The number of anilines is 1. The first-order chi connectivity index (χ1) is 14.9. The van der Waals surface area contributed by atoms with Gasteiger partial charge in [0.05, 0.1) is 17.1 Å². The fourth-order valence-electron chi connectivity index (χ4n) is 3.95. The fourth-order valence-corrected chi connectivity index (χ4v) is 4.13. The molecule has 0 aromatic heterocycles. The van der Waals surface area contributed by atoms with Crippen molar-refractivity contribution in [3.05, 3.63) is 63.9 Å². The van der Waals surface area contributed by atoms with Crippen LogP contribution in [0.5, 0.6) is 0 Å². The van der Waals surface area contributed by atoms with Crippen LogP contribution in [0.1, 0.15) is 46.8 Å². The predicted molar refractivity (Wildman–Crippen MR) is 113 cm³/mol. The lowest BCUT2D eigenvalue weighted by Crippen LogP contribution is -2.34. The molecule has 1 aliphatic heterocycles. The molecule has 1 fully saturated rings. The second kappa shape index (κ2) is 8.93. The van der Waals surface area contributed by atoms with Crippen molar-refractivity contribution < 1.29 is 23.5 Å². The standard InChI is InChI=1S/C22H21ClFN3O4/c23-17-10-12(4-7-18(17)24)26-21(29)16-3-1-2-15-14(16)6-8-19(15)27-22(30)31-11-13-5-9-20(28)25-13/h1-4,7,10,13,19H,5-6,8-9,11H2,(H,25,28)(H,26,29)(H,27,30)/t13-,19+/m1/s1. The summed E-state index contributed by atoms with van der Waals surface area (Å²) in [6.45, 7) is 0.125. The second-order valence-electron chi connectivity index (χ2n) is 7.59. The van der Waals surface area contributed by atoms with Crippen LogP contribution in [-0.4, -0.2) is 30.6 Å². The Morgan fingerprint density at radius 2 is 2.03 bits per heavy atom. The quantitative estimate of drug-likeness (QED) is 0.653. The third-order valence-corrected chi connectivity index (χ3v) is 5.78. The number of hydrogen-bond donors (Lipinski definition) is 3. The molecule has 2 aliphatic rings. The minimum Gasteiger partial charge on any atom is -0.447 e. The first-order valence-corrected chi connectivity index (χ1v) is 10.4. The van der Waals surface area contributed by atoms with Crippen LogP contribution in [0.2, 0.25) is 5.02 Å². The van der Waals surface area contributed by atoms with E-state index in [1.165, 1.54) is 18.2 Å². The zero-order valence-corrected chi connectivity index (χ0v) is 17.3. The molecule has 0 unspecified atom stereocenters. The lowest BCUT2D eigenvalue weighted by Gasteiger charge is -2.16. The van der Waals surface area contributed by atoms with E-state index >= 15 is 0 Å². The van der Waals surface area contributed by atoms with Crippen molar-refractivity contribution in [2.45, 2.75) is 37.8 Å². The van der Waals surface area contributed by atoms with Gasteiger partial charge in [-0.1, -0.05) is 23.7 Å². The van der Waals surface area contributed by atoms with Crippen LogP contribution in [0.25, 0.3) is 0 Å². The van der Waals surface area contributed by atoms with E-state index in [-0.39, 0.29) is 35.5 Å². The molecular weight excluding hydrogens is 425 g/mol. The van der Waals surface area contributed by atoms with Crippen LogP contribution >= 0.6 is 11.6 Å². The molecule has 162 valence electrons. The van der Waals surface area contributed by atoms with Crippen molar-refractivity contribution in [3.63, 3.8) is 0 Å². The highest BCUT2D eigenvalue weighted by Gasteiger charge is 2.29. The van der Waals surface area contributed by atoms with E-state index in [2.05, 4.69) is 16.0 Å². The molecular formula is C22H21ClFN3O4. The van der Waals surface area contributed by atoms with Crippen molar-refractivity contribution >= 4 is 35.2 Å². The van der Waals surface area contributed by atoms with Gasteiger partial charge in [0, 0.05) is 17.7 Å². The van der Waals surface area contributed by atoms with Gasteiger partial charge in [-0.25, -0.2) is 9.18 Å². The highest BCUT2D eigenvalue weighted by atomic mass is 35.5. The highest BCUT2D eigenvalue weighted by Crippen LogP contribution is 2.34. The monoisotopic (exact) mass is 445 g/mol. The molecule has 2 atom stereocenters. The zero-order chi connectivity index (χ0) is 22.0. The first kappa shape index (κ1) is 21.1. The molecule has 31 heavy (non-hydrogen) atoms. The summed E-state index contributed by atoms with van der Waals surface area (Å²) in [5.41, 5.74) is 2.59. The SMILES string of the molecule is O=C1CC[C@H](COC(=O)N[C@H]2CCc3c(C(=O)Nc4ccc(F)c(Cl)c4)cccc32)N1. The van der Waals surface area contributed by atoms with Gasteiger partial charge >= 0.3 is 6.09 Å². The molecule has 3 N–H and O–H groups in total. The van der Waals surface area contributed by atoms with Crippen molar-refractivity contribution in [1.82, 2.24) is 10.6 Å². The molecule has 0 radical (unpaired) electrons. The summed E-state index contributed by atoms with van der Waals surface area (Å²) in [6.07, 6.45) is 1.79. The number of fused-ring (bicyclic) bond motifs is 1. The van der Waals surface area contributed by atoms with Crippen molar-refractivity contribution in [2.75, 3.05) is 11.9 Å². The third kappa shape index (κ3) is 4.80. The smallest absolute Gasteiger partial charge is 0.407 e. The molecule has 7 nitrogen and oxygen atoms in total. The summed E-state index contributed by atoms with van der Waals surface area (Å²) in [4.78, 5) is 36.2. The van der Waals surface area contributed by atoms with Gasteiger partial charge in [0.25, 0.3) is 5.91 Å². The molecule has 9 heteroatoms. The summed E-state index contributed by atoms with van der Waals surface area (Å²) < 4.78 is 18.6. The molecule has 2 aromatic carbocycles. The summed E-state index contributed by atoms with van der Waals surface area (Å²) in [5.74, 6) is -0.927. The number of nitrogens with one attached hydrogen (secondary N) is 3. The van der Waals surface area contributed by atoms with E-state index in [1.807, 2.05) is 6.07 Å². The molecule has 1 heterocycles. The third-order valence-electron chi connectivity index (χ3n) is 5.49. The van der Waals surface area contributed by atoms with Gasteiger partial charge in [0.1, 0.15) is 12.4 Å². The van der Waals surface area contributed by atoms with Gasteiger partial charge in [-0.2, -0.15) is 0 Å². The molecule has 0 bridgehead atoms. The van der Waals surface area contributed by atoms with Gasteiger partial charge in [0.2, 0.25) is 5.91 Å². The number of hydrogen-bond acceptors (Lipinski definition) is 4. The van der Waals surface area contributed by atoms with Crippen LogP contribution in [0, 0.1) is 5.82 Å². The zero-order valence-electron chi connectivity index (χ0n) is 16.5. The maximum atomic E-state index is 13.3. The van der Waals surface area contributed by atoms with E-state index in [4.69, 9.17) is 16.3 Å². The first-order valence-electron chi connectivity index (χ1n) is 10.0. The van der Waals surface area contributed by atoms with Crippen molar-refractivity contribution in [3.8, 4) is 0 Å². The van der Waals surface area contributed by atoms with E-state index in [0.717, 1.165) is 11.1 Å². The Labute approximate surface area is 183 Å². The number of amides is 3. The number of carbonyl (C=O) groups excluding carboxylic acids is 3. The summed E-state index contributed by atoms with van der Waals surface area (Å²) >= 11 is 5.78. The van der Waals surface area contributed by atoms with Crippen LogP contribution in [-0.2, 0) is 16.0 Å².